The fraction of sp³-hybridized carbons (Fsp3) is 0.818. The Morgan fingerprint density at radius 2 is 2.18 bits per heavy atom. The molecule has 2 heterocycles. The molecule has 2 aliphatic heterocycles. The van der Waals surface area contributed by atoms with Crippen LogP contribution >= 0.6 is 11.8 Å². The first-order valence-corrected chi connectivity index (χ1v) is 6.66. The second-order valence-electron chi connectivity index (χ2n) is 5.32. The standard InChI is InChI=1S/C11H18N2O3S/c1-4-5-11(12)8(16)13-6(7(14)15)10(2,3)17-9(11)13/h6,9H,4-5,12H2,1-3H3,(H,14,15)/t6-,9+,11?/m0/s1. The number of aliphatic carboxylic acids is 1. The van der Waals surface area contributed by atoms with E-state index in [1.54, 1.807) is 0 Å². The lowest BCUT2D eigenvalue weighted by atomic mass is 9.82. The first kappa shape index (κ1) is 12.7. The summed E-state index contributed by atoms with van der Waals surface area (Å²) in [5.41, 5.74) is 5.26. The van der Waals surface area contributed by atoms with Gasteiger partial charge in [-0.05, 0) is 20.3 Å². The van der Waals surface area contributed by atoms with Crippen molar-refractivity contribution in [1.29, 1.82) is 0 Å². The van der Waals surface area contributed by atoms with Crippen LogP contribution in [0, 0.1) is 0 Å². The minimum atomic E-state index is -0.947. The maximum absolute atomic E-state index is 12.1. The minimum absolute atomic E-state index is 0.189. The van der Waals surface area contributed by atoms with E-state index < -0.39 is 22.3 Å². The molecule has 3 atom stereocenters. The van der Waals surface area contributed by atoms with E-state index in [2.05, 4.69) is 0 Å². The molecule has 1 unspecified atom stereocenters. The van der Waals surface area contributed by atoms with E-state index in [1.165, 1.54) is 16.7 Å². The number of β-lactam (4-membered cyclic amide) rings is 1. The smallest absolute Gasteiger partial charge is 0.327 e. The van der Waals surface area contributed by atoms with Crippen molar-refractivity contribution in [2.24, 2.45) is 5.73 Å². The zero-order chi connectivity index (χ0) is 13.0. The molecule has 0 aromatic carbocycles. The lowest BCUT2D eigenvalue weighted by Gasteiger charge is -2.51. The molecule has 2 saturated heterocycles. The Kier molecular flexibility index (Phi) is 2.70. The molecule has 96 valence electrons. The van der Waals surface area contributed by atoms with Gasteiger partial charge in [-0.15, -0.1) is 11.8 Å². The van der Waals surface area contributed by atoms with Gasteiger partial charge < -0.3 is 15.7 Å². The number of carboxylic acid groups (broad SMARTS) is 1. The van der Waals surface area contributed by atoms with Crippen LogP contribution in [0.4, 0.5) is 0 Å². The number of carbonyl (C=O) groups excluding carboxylic acids is 1. The predicted molar refractivity (Wildman–Crippen MR) is 65.6 cm³/mol. The molecule has 0 aromatic heterocycles. The number of amides is 1. The Morgan fingerprint density at radius 1 is 1.59 bits per heavy atom. The van der Waals surface area contributed by atoms with Crippen LogP contribution in [0.5, 0.6) is 0 Å². The number of nitrogens with two attached hydrogens (primary N) is 1. The third-order valence-corrected chi connectivity index (χ3v) is 5.28. The molecule has 1 amide bonds. The van der Waals surface area contributed by atoms with Crippen LogP contribution in [0.2, 0.25) is 0 Å². The molecule has 0 radical (unpaired) electrons. The van der Waals surface area contributed by atoms with Gasteiger partial charge in [-0.3, -0.25) is 4.79 Å². The molecule has 0 aromatic rings. The first-order chi connectivity index (χ1) is 7.75. The molecule has 17 heavy (non-hydrogen) atoms. The molecular weight excluding hydrogens is 240 g/mol. The van der Waals surface area contributed by atoms with Gasteiger partial charge in [-0.1, -0.05) is 13.3 Å². The van der Waals surface area contributed by atoms with E-state index in [-0.39, 0.29) is 11.3 Å². The normalized spacial score (nSPS) is 38.8. The van der Waals surface area contributed by atoms with Crippen LogP contribution in [-0.4, -0.2) is 43.6 Å². The van der Waals surface area contributed by atoms with Crippen LogP contribution < -0.4 is 5.73 Å². The highest BCUT2D eigenvalue weighted by atomic mass is 32.2. The van der Waals surface area contributed by atoms with Crippen molar-refractivity contribution in [2.75, 3.05) is 0 Å². The summed E-state index contributed by atoms with van der Waals surface area (Å²) in [6, 6.07) is -0.765. The van der Waals surface area contributed by atoms with Gasteiger partial charge in [0.2, 0.25) is 5.91 Å². The molecule has 0 aliphatic carbocycles. The van der Waals surface area contributed by atoms with Gasteiger partial charge in [0.15, 0.2) is 0 Å². The summed E-state index contributed by atoms with van der Waals surface area (Å²) >= 11 is 1.50. The van der Waals surface area contributed by atoms with E-state index >= 15 is 0 Å². The monoisotopic (exact) mass is 258 g/mol. The Morgan fingerprint density at radius 3 is 2.65 bits per heavy atom. The van der Waals surface area contributed by atoms with Crippen molar-refractivity contribution >= 4 is 23.6 Å². The minimum Gasteiger partial charge on any atom is -0.480 e. The Labute approximate surface area is 105 Å². The third kappa shape index (κ3) is 1.50. The topological polar surface area (TPSA) is 83.6 Å². The molecule has 2 rings (SSSR count). The van der Waals surface area contributed by atoms with Crippen molar-refractivity contribution in [3.8, 4) is 0 Å². The largest absolute Gasteiger partial charge is 0.480 e. The Bertz CT molecular complexity index is 385. The summed E-state index contributed by atoms with van der Waals surface area (Å²) in [5.74, 6) is -1.16. The molecule has 2 fully saturated rings. The van der Waals surface area contributed by atoms with E-state index in [0.29, 0.717) is 6.42 Å². The highest BCUT2D eigenvalue weighted by Crippen LogP contribution is 2.55. The van der Waals surface area contributed by atoms with Crippen molar-refractivity contribution in [2.45, 2.75) is 55.3 Å². The van der Waals surface area contributed by atoms with Crippen LogP contribution in [0.1, 0.15) is 33.6 Å². The SMILES string of the molecule is CCCC1(N)C(=O)N2[C@@H](C(=O)O)C(C)(C)S[C@@H]21. The van der Waals surface area contributed by atoms with Gasteiger partial charge in [-0.25, -0.2) is 4.79 Å². The number of thioether (sulfide) groups is 1. The zero-order valence-corrected chi connectivity index (χ0v) is 11.1. The first-order valence-electron chi connectivity index (χ1n) is 5.78. The molecule has 2 aliphatic rings. The summed E-state index contributed by atoms with van der Waals surface area (Å²) in [5, 5.41) is 9.05. The van der Waals surface area contributed by atoms with Crippen molar-refractivity contribution in [3.05, 3.63) is 0 Å². The number of hydrogen-bond acceptors (Lipinski definition) is 4. The lowest BCUT2D eigenvalue weighted by Crippen LogP contribution is -2.77. The Hall–Kier alpha value is -0.750. The Balaban J connectivity index is 2.31. The maximum atomic E-state index is 12.1. The van der Waals surface area contributed by atoms with Crippen LogP contribution in [0.25, 0.3) is 0 Å². The number of hydrogen-bond donors (Lipinski definition) is 2. The second-order valence-corrected chi connectivity index (χ2v) is 7.05. The third-order valence-electron chi connectivity index (χ3n) is 3.58. The molecule has 3 N–H and O–H groups in total. The highest BCUT2D eigenvalue weighted by Gasteiger charge is 2.69. The second kappa shape index (κ2) is 3.62. The molecular formula is C11H18N2O3S. The number of carbonyl (C=O) groups is 2. The molecule has 5 nitrogen and oxygen atoms in total. The summed E-state index contributed by atoms with van der Waals surface area (Å²) in [7, 11) is 0. The van der Waals surface area contributed by atoms with Gasteiger partial charge in [0.25, 0.3) is 0 Å². The van der Waals surface area contributed by atoms with Gasteiger partial charge in [0, 0.05) is 4.75 Å². The molecule has 0 spiro atoms. The number of rotatable bonds is 3. The maximum Gasteiger partial charge on any atom is 0.327 e. The number of nitrogens with zero attached hydrogens (tertiary/aromatic N) is 1. The average Bonchev–Trinajstić information content (AvgIpc) is 2.48. The molecule has 6 heteroatoms. The van der Waals surface area contributed by atoms with Crippen molar-refractivity contribution in [3.63, 3.8) is 0 Å². The summed E-state index contributed by atoms with van der Waals surface area (Å²) in [4.78, 5) is 24.8. The van der Waals surface area contributed by atoms with Crippen molar-refractivity contribution < 1.29 is 14.7 Å². The van der Waals surface area contributed by atoms with Gasteiger partial charge in [-0.2, -0.15) is 0 Å². The van der Waals surface area contributed by atoms with E-state index in [1.807, 2.05) is 20.8 Å². The van der Waals surface area contributed by atoms with Gasteiger partial charge in [0.05, 0.1) is 0 Å². The molecule has 0 bridgehead atoms. The summed E-state index contributed by atoms with van der Waals surface area (Å²) < 4.78 is -0.485. The predicted octanol–water partition coefficient (Wildman–Crippen LogP) is 0.631. The van der Waals surface area contributed by atoms with E-state index in [4.69, 9.17) is 5.73 Å². The van der Waals surface area contributed by atoms with Crippen LogP contribution in [-0.2, 0) is 9.59 Å². The lowest BCUT2D eigenvalue weighted by molar-refractivity contribution is -0.165. The number of carboxylic acids is 1. The quantitative estimate of drug-likeness (QED) is 0.725. The van der Waals surface area contributed by atoms with E-state index in [9.17, 15) is 14.7 Å². The van der Waals surface area contributed by atoms with Gasteiger partial charge >= 0.3 is 5.97 Å². The van der Waals surface area contributed by atoms with E-state index in [0.717, 1.165) is 6.42 Å². The summed E-state index contributed by atoms with van der Waals surface area (Å²) in [6.45, 7) is 5.69. The highest BCUT2D eigenvalue weighted by molar-refractivity contribution is 8.01. The van der Waals surface area contributed by atoms with Crippen LogP contribution in [0.15, 0.2) is 0 Å². The molecule has 0 saturated carbocycles. The van der Waals surface area contributed by atoms with Crippen LogP contribution in [0.3, 0.4) is 0 Å². The zero-order valence-electron chi connectivity index (χ0n) is 10.3. The van der Waals surface area contributed by atoms with Crippen molar-refractivity contribution in [1.82, 2.24) is 4.90 Å². The fourth-order valence-electron chi connectivity index (χ4n) is 2.80. The summed E-state index contributed by atoms with van der Waals surface area (Å²) in [6.07, 6.45) is 1.44. The van der Waals surface area contributed by atoms with Gasteiger partial charge in [0.1, 0.15) is 17.0 Å². The average molecular weight is 258 g/mol. The fourth-order valence-corrected chi connectivity index (χ4v) is 4.48. The number of fused-ring (bicyclic) bond motifs is 1.